The van der Waals surface area contributed by atoms with Gasteiger partial charge in [0, 0.05) is 23.1 Å². The van der Waals surface area contributed by atoms with Crippen molar-refractivity contribution >= 4 is 75.0 Å². The zero-order valence-electron chi connectivity index (χ0n) is 23.4. The highest BCUT2D eigenvalue weighted by molar-refractivity contribution is 8.00. The molecular formula is C33H28N4O3S4. The molecule has 11 heteroatoms. The maximum atomic E-state index is 13.7. The standard InChI is InChI=1S/C33H28N4O3S4/c34-25(41)17-23-18-43-30(35-23)24-19-44-32-27(36-26(38)16-20-10-4-1-5-11-20)31(39)37(32)28(24)33(42)40-29(21-12-6-2-7-13-21)22-14-8-3-9-15-22/h1-15,18,27,29,32H,16-17,19H2,(H2,34,41)(H,36,38)/t27-,32-/m1/s1. The number of carbonyl (C=O) groups excluding carboxylic acids is 2. The van der Waals surface area contributed by atoms with Crippen LogP contribution in [-0.2, 0) is 27.2 Å². The maximum Gasteiger partial charge on any atom is 0.253 e. The lowest BCUT2D eigenvalue weighted by Crippen LogP contribution is -2.70. The average Bonchev–Trinajstić information content (AvgIpc) is 3.50. The molecule has 3 N–H and O–H groups in total. The Hall–Kier alpha value is -3.90. The molecule has 0 bridgehead atoms. The molecule has 0 spiro atoms. The first kappa shape index (κ1) is 30.1. The van der Waals surface area contributed by atoms with E-state index in [1.165, 1.54) is 11.3 Å². The predicted octanol–water partition coefficient (Wildman–Crippen LogP) is 5.46. The lowest BCUT2D eigenvalue weighted by Gasteiger charge is -2.50. The molecule has 3 aromatic carbocycles. The van der Waals surface area contributed by atoms with Crippen LogP contribution in [0.15, 0.2) is 102 Å². The van der Waals surface area contributed by atoms with Crippen LogP contribution in [0.5, 0.6) is 0 Å². The normalized spacial score (nSPS) is 17.6. The Morgan fingerprint density at radius 2 is 1.59 bits per heavy atom. The van der Waals surface area contributed by atoms with Crippen molar-refractivity contribution in [2.75, 3.05) is 5.75 Å². The minimum atomic E-state index is -0.670. The monoisotopic (exact) mass is 656 g/mol. The summed E-state index contributed by atoms with van der Waals surface area (Å²) in [4.78, 5) is 33.4. The quantitative estimate of drug-likeness (QED) is 0.172. The van der Waals surface area contributed by atoms with Crippen molar-refractivity contribution < 1.29 is 14.3 Å². The number of aromatic nitrogens is 1. The fraction of sp³-hybridized carbons (Fsp3) is 0.182. The first-order valence-electron chi connectivity index (χ1n) is 13.9. The Balaban J connectivity index is 1.32. The summed E-state index contributed by atoms with van der Waals surface area (Å²) in [6.45, 7) is 0. The third kappa shape index (κ3) is 6.46. The van der Waals surface area contributed by atoms with Crippen molar-refractivity contribution in [2.45, 2.75) is 30.4 Å². The largest absolute Gasteiger partial charge is 0.469 e. The number of β-lactam (4-membered cyclic amide) rings is 1. The van der Waals surface area contributed by atoms with E-state index in [4.69, 9.17) is 39.9 Å². The average molecular weight is 657 g/mol. The molecule has 7 nitrogen and oxygen atoms in total. The van der Waals surface area contributed by atoms with Gasteiger partial charge in [0.25, 0.3) is 5.91 Å². The van der Waals surface area contributed by atoms with Crippen LogP contribution in [0.4, 0.5) is 0 Å². The van der Waals surface area contributed by atoms with Crippen molar-refractivity contribution in [2.24, 2.45) is 5.73 Å². The topological polar surface area (TPSA) is 97.5 Å². The van der Waals surface area contributed by atoms with E-state index >= 15 is 0 Å². The minimum absolute atomic E-state index is 0.191. The molecule has 1 aromatic heterocycles. The molecule has 1 saturated heterocycles. The van der Waals surface area contributed by atoms with Gasteiger partial charge in [-0.05, 0) is 28.9 Å². The van der Waals surface area contributed by atoms with Crippen LogP contribution in [0.1, 0.15) is 33.5 Å². The number of nitrogens with zero attached hydrogens (tertiary/aromatic N) is 2. The summed E-state index contributed by atoms with van der Waals surface area (Å²) in [5.74, 6) is 0.0816. The number of ether oxygens (including phenoxy) is 1. The van der Waals surface area contributed by atoms with Gasteiger partial charge in [-0.25, -0.2) is 4.98 Å². The number of thioether (sulfide) groups is 1. The van der Waals surface area contributed by atoms with Crippen LogP contribution in [-0.4, -0.2) is 48.9 Å². The maximum absolute atomic E-state index is 13.7. The highest BCUT2D eigenvalue weighted by atomic mass is 32.2. The van der Waals surface area contributed by atoms with E-state index in [9.17, 15) is 9.59 Å². The second-order valence-electron chi connectivity index (χ2n) is 10.3. The van der Waals surface area contributed by atoms with Crippen molar-refractivity contribution in [1.29, 1.82) is 0 Å². The number of nitrogens with one attached hydrogen (secondary N) is 1. The molecule has 4 aromatic rings. The number of rotatable bonds is 10. The summed E-state index contributed by atoms with van der Waals surface area (Å²) in [5, 5.41) is 5.45. The van der Waals surface area contributed by atoms with E-state index in [-0.39, 0.29) is 28.7 Å². The van der Waals surface area contributed by atoms with Crippen LogP contribution < -0.4 is 11.1 Å². The summed E-state index contributed by atoms with van der Waals surface area (Å²) < 4.78 is 6.60. The lowest BCUT2D eigenvalue weighted by molar-refractivity contribution is -0.145. The Labute approximate surface area is 274 Å². The van der Waals surface area contributed by atoms with Gasteiger partial charge in [-0.1, -0.05) is 103 Å². The Kier molecular flexibility index (Phi) is 9.17. The minimum Gasteiger partial charge on any atom is -0.469 e. The number of thiocarbonyl (C=S) groups is 2. The molecule has 2 amide bonds. The van der Waals surface area contributed by atoms with E-state index in [0.717, 1.165) is 33.0 Å². The van der Waals surface area contributed by atoms with Gasteiger partial charge in [0.05, 0.1) is 17.1 Å². The molecule has 3 heterocycles. The van der Waals surface area contributed by atoms with Crippen LogP contribution in [0, 0.1) is 0 Å². The number of benzene rings is 3. The molecule has 0 radical (unpaired) electrons. The molecule has 44 heavy (non-hydrogen) atoms. The molecule has 1 fully saturated rings. The number of fused-ring (bicyclic) bond motifs is 1. The summed E-state index contributed by atoms with van der Waals surface area (Å²) in [6, 6.07) is 28.5. The zero-order valence-corrected chi connectivity index (χ0v) is 26.7. The summed E-state index contributed by atoms with van der Waals surface area (Å²) >= 11 is 14.1. The molecular weight excluding hydrogens is 629 g/mol. The van der Waals surface area contributed by atoms with Crippen molar-refractivity contribution in [3.8, 4) is 0 Å². The van der Waals surface area contributed by atoms with E-state index < -0.39 is 12.1 Å². The van der Waals surface area contributed by atoms with Crippen LogP contribution in [0.2, 0.25) is 0 Å². The Morgan fingerprint density at radius 3 is 2.20 bits per heavy atom. The smallest absolute Gasteiger partial charge is 0.253 e. The first-order chi connectivity index (χ1) is 21.4. The molecule has 2 aliphatic rings. The fourth-order valence-electron chi connectivity index (χ4n) is 5.23. The molecule has 2 atom stereocenters. The number of hydrogen-bond acceptors (Lipinski definition) is 8. The predicted molar refractivity (Wildman–Crippen MR) is 183 cm³/mol. The lowest BCUT2D eigenvalue weighted by atomic mass is 10.0. The van der Waals surface area contributed by atoms with Gasteiger partial charge in [-0.15, -0.1) is 23.1 Å². The second kappa shape index (κ2) is 13.4. The van der Waals surface area contributed by atoms with Crippen LogP contribution in [0.3, 0.4) is 0 Å². The van der Waals surface area contributed by atoms with Gasteiger partial charge in [0.1, 0.15) is 28.2 Å². The fourth-order valence-corrected chi connectivity index (χ4v) is 8.00. The van der Waals surface area contributed by atoms with Gasteiger partial charge in [-0.2, -0.15) is 0 Å². The number of amides is 2. The SMILES string of the molecule is NC(=S)Cc1csc(C2=C(C(=S)OC(c3ccccc3)c3ccccc3)N3C(=O)[C@@H](NC(=O)Cc4ccccc4)[C@H]3SC2)n1. The van der Waals surface area contributed by atoms with Crippen molar-refractivity contribution in [3.63, 3.8) is 0 Å². The van der Waals surface area contributed by atoms with E-state index in [1.54, 1.807) is 16.7 Å². The molecule has 222 valence electrons. The van der Waals surface area contributed by atoms with Crippen molar-refractivity contribution in [1.82, 2.24) is 15.2 Å². The number of carbonyl (C=O) groups is 2. The van der Waals surface area contributed by atoms with Gasteiger partial charge >= 0.3 is 0 Å². The van der Waals surface area contributed by atoms with Crippen LogP contribution >= 0.6 is 47.5 Å². The number of hydrogen-bond donors (Lipinski definition) is 2. The van der Waals surface area contributed by atoms with Crippen molar-refractivity contribution in [3.05, 3.63) is 129 Å². The van der Waals surface area contributed by atoms with Gasteiger partial charge in [0.2, 0.25) is 11.0 Å². The number of thiazole rings is 1. The molecule has 2 aliphatic heterocycles. The van der Waals surface area contributed by atoms with Gasteiger partial charge in [0.15, 0.2) is 0 Å². The first-order valence-corrected chi connectivity index (χ1v) is 16.7. The second-order valence-corrected chi connectivity index (χ2v) is 13.2. The third-order valence-corrected chi connectivity index (χ3v) is 9.95. The molecule has 0 aliphatic carbocycles. The van der Waals surface area contributed by atoms with Gasteiger partial charge in [-0.3, -0.25) is 14.5 Å². The Bertz CT molecular complexity index is 1690. The molecule has 0 unspecified atom stereocenters. The van der Waals surface area contributed by atoms with E-state index in [1.807, 2.05) is 96.4 Å². The summed E-state index contributed by atoms with van der Waals surface area (Å²) in [6.07, 6.45) is 0.0805. The molecule has 0 saturated carbocycles. The summed E-state index contributed by atoms with van der Waals surface area (Å²) in [5.41, 5.74) is 10.6. The molecule has 6 rings (SSSR count). The van der Waals surface area contributed by atoms with E-state index in [2.05, 4.69) is 5.32 Å². The van der Waals surface area contributed by atoms with Gasteiger partial charge < -0.3 is 15.8 Å². The highest BCUT2D eigenvalue weighted by Crippen LogP contribution is 2.45. The van der Waals surface area contributed by atoms with Crippen LogP contribution in [0.25, 0.3) is 5.57 Å². The summed E-state index contributed by atoms with van der Waals surface area (Å²) in [7, 11) is 0. The highest BCUT2D eigenvalue weighted by Gasteiger charge is 2.54. The Morgan fingerprint density at radius 1 is 0.977 bits per heavy atom. The number of nitrogens with two attached hydrogens (primary N) is 1. The third-order valence-electron chi connectivity index (χ3n) is 7.28. The van der Waals surface area contributed by atoms with E-state index in [0.29, 0.717) is 22.9 Å². The zero-order chi connectivity index (χ0) is 30.6.